The Hall–Kier alpha value is -2.77. The van der Waals surface area contributed by atoms with Crippen LogP contribution in [0, 0.1) is 13.8 Å². The first kappa shape index (κ1) is 18.6. The van der Waals surface area contributed by atoms with E-state index < -0.39 is 0 Å². The highest BCUT2D eigenvalue weighted by Crippen LogP contribution is 2.28. The van der Waals surface area contributed by atoms with E-state index in [0.717, 1.165) is 49.3 Å². The number of carbonyl (C=O) groups is 1. The van der Waals surface area contributed by atoms with Crippen LogP contribution in [0.25, 0.3) is 5.78 Å². The average molecular weight is 381 g/mol. The fourth-order valence-corrected chi connectivity index (χ4v) is 4.30. The van der Waals surface area contributed by atoms with E-state index in [1.165, 1.54) is 17.6 Å². The van der Waals surface area contributed by atoms with Crippen LogP contribution in [-0.4, -0.2) is 53.7 Å². The van der Waals surface area contributed by atoms with Crippen LogP contribution in [0.1, 0.15) is 60.3 Å². The number of H-pyrrole nitrogens is 1. The monoisotopic (exact) mass is 381 g/mol. The summed E-state index contributed by atoms with van der Waals surface area (Å²) in [7, 11) is 0. The number of carbonyl (C=O) groups excluding carboxylic acids is 1. The van der Waals surface area contributed by atoms with Crippen LogP contribution in [0.2, 0.25) is 0 Å². The molecule has 1 amide bonds. The quantitative estimate of drug-likeness (QED) is 0.732. The first-order valence-corrected chi connectivity index (χ1v) is 10.0. The van der Waals surface area contributed by atoms with Crippen LogP contribution in [0.5, 0.6) is 0 Å². The van der Waals surface area contributed by atoms with E-state index in [4.69, 9.17) is 0 Å². The molecule has 0 saturated carbocycles. The second-order valence-electron chi connectivity index (χ2n) is 7.57. The Kier molecular flexibility index (Phi) is 5.11. The van der Waals surface area contributed by atoms with Gasteiger partial charge >= 0.3 is 0 Å². The van der Waals surface area contributed by atoms with Gasteiger partial charge in [0.05, 0.1) is 6.20 Å². The first-order chi connectivity index (χ1) is 13.6. The van der Waals surface area contributed by atoms with Crippen LogP contribution in [0.15, 0.2) is 12.5 Å². The van der Waals surface area contributed by atoms with Crippen molar-refractivity contribution in [2.24, 2.45) is 0 Å². The topological polar surface area (TPSA) is 92.1 Å². The average Bonchev–Trinajstić information content (AvgIpc) is 3.36. The van der Waals surface area contributed by atoms with Crippen LogP contribution in [-0.2, 0) is 17.6 Å². The lowest BCUT2D eigenvalue weighted by Gasteiger charge is -2.33. The van der Waals surface area contributed by atoms with E-state index in [-0.39, 0.29) is 5.91 Å². The van der Waals surface area contributed by atoms with Crippen LogP contribution < -0.4 is 0 Å². The van der Waals surface area contributed by atoms with Crippen molar-refractivity contribution in [3.8, 4) is 0 Å². The summed E-state index contributed by atoms with van der Waals surface area (Å²) in [5, 5.41) is 11.6. The van der Waals surface area contributed by atoms with Crippen molar-refractivity contribution >= 4 is 11.7 Å². The summed E-state index contributed by atoms with van der Waals surface area (Å²) < 4.78 is 1.74. The molecule has 3 aromatic rings. The van der Waals surface area contributed by atoms with Crippen LogP contribution >= 0.6 is 0 Å². The molecule has 0 aromatic carbocycles. The number of hydrogen-bond donors (Lipinski definition) is 1. The molecular formula is C20H27N7O. The van der Waals surface area contributed by atoms with Crippen molar-refractivity contribution < 1.29 is 4.79 Å². The maximum atomic E-state index is 12.9. The predicted octanol–water partition coefficient (Wildman–Crippen LogP) is 2.37. The number of hydrogen-bond acceptors (Lipinski definition) is 5. The molecule has 4 heterocycles. The molecule has 28 heavy (non-hydrogen) atoms. The molecular weight excluding hydrogens is 354 g/mol. The van der Waals surface area contributed by atoms with Crippen molar-refractivity contribution in [2.45, 2.75) is 58.8 Å². The Bertz CT molecular complexity index is 990. The second kappa shape index (κ2) is 7.69. The molecule has 1 saturated heterocycles. The molecule has 0 spiro atoms. The van der Waals surface area contributed by atoms with Gasteiger partial charge in [-0.15, -0.1) is 0 Å². The van der Waals surface area contributed by atoms with Gasteiger partial charge in [0.1, 0.15) is 6.33 Å². The van der Waals surface area contributed by atoms with E-state index in [1.807, 2.05) is 24.9 Å². The molecule has 1 N–H and O–H groups in total. The highest BCUT2D eigenvalue weighted by molar-refractivity contribution is 5.76. The third-order valence-electron chi connectivity index (χ3n) is 5.89. The number of piperidine rings is 1. The maximum Gasteiger partial charge on any atom is 0.252 e. The van der Waals surface area contributed by atoms with Gasteiger partial charge in [-0.25, -0.2) is 9.50 Å². The summed E-state index contributed by atoms with van der Waals surface area (Å²) in [4.78, 5) is 23.6. The standard InChI is InChI=1S/C20H27N7O/c1-4-15-10-22-25-19(15)16-6-5-9-26(11-16)18(28)8-7-17-13(2)24-20-21-12-23-27(20)14(17)3/h10,12,16H,4-9,11H2,1-3H3,(H,22,25)/t16-/m1/s1. The number of nitrogens with one attached hydrogen (secondary N) is 1. The Balaban J connectivity index is 1.44. The number of fused-ring (bicyclic) bond motifs is 1. The lowest BCUT2D eigenvalue weighted by molar-refractivity contribution is -0.132. The first-order valence-electron chi connectivity index (χ1n) is 10.0. The summed E-state index contributed by atoms with van der Waals surface area (Å²) in [5.74, 6) is 1.17. The Morgan fingerprint density at radius 2 is 2.21 bits per heavy atom. The smallest absolute Gasteiger partial charge is 0.252 e. The van der Waals surface area contributed by atoms with E-state index >= 15 is 0 Å². The zero-order valence-electron chi connectivity index (χ0n) is 16.8. The number of aromatic nitrogens is 6. The Morgan fingerprint density at radius 3 is 3.04 bits per heavy atom. The van der Waals surface area contributed by atoms with Gasteiger partial charge in [0.15, 0.2) is 0 Å². The molecule has 4 rings (SSSR count). The number of nitrogens with zero attached hydrogens (tertiary/aromatic N) is 6. The Morgan fingerprint density at radius 1 is 1.36 bits per heavy atom. The molecule has 8 nitrogen and oxygen atoms in total. The minimum absolute atomic E-state index is 0.208. The number of aromatic amines is 1. The van der Waals surface area contributed by atoms with Gasteiger partial charge in [0.2, 0.25) is 5.91 Å². The van der Waals surface area contributed by atoms with Gasteiger partial charge in [-0.1, -0.05) is 6.92 Å². The molecule has 148 valence electrons. The number of aryl methyl sites for hydroxylation is 3. The largest absolute Gasteiger partial charge is 0.342 e. The number of amides is 1. The van der Waals surface area contributed by atoms with Gasteiger partial charge in [-0.3, -0.25) is 9.89 Å². The molecule has 1 atom stereocenters. The lowest BCUT2D eigenvalue weighted by Crippen LogP contribution is -2.39. The minimum Gasteiger partial charge on any atom is -0.342 e. The van der Waals surface area contributed by atoms with Crippen molar-refractivity contribution in [2.75, 3.05) is 13.1 Å². The van der Waals surface area contributed by atoms with Crippen LogP contribution in [0.3, 0.4) is 0 Å². The zero-order valence-corrected chi connectivity index (χ0v) is 16.8. The van der Waals surface area contributed by atoms with Gasteiger partial charge in [0.25, 0.3) is 5.78 Å². The van der Waals surface area contributed by atoms with E-state index in [9.17, 15) is 4.79 Å². The second-order valence-corrected chi connectivity index (χ2v) is 7.57. The number of likely N-dealkylation sites (tertiary alicyclic amines) is 1. The molecule has 8 heteroatoms. The summed E-state index contributed by atoms with van der Waals surface area (Å²) in [6.45, 7) is 7.74. The van der Waals surface area contributed by atoms with Crippen molar-refractivity contribution in [1.29, 1.82) is 0 Å². The van der Waals surface area contributed by atoms with Gasteiger partial charge in [-0.2, -0.15) is 15.2 Å². The SMILES string of the molecule is CCc1cn[nH]c1[C@@H]1CCCN(C(=O)CCc2c(C)nc3ncnn3c2C)C1. The lowest BCUT2D eigenvalue weighted by atomic mass is 9.91. The van der Waals surface area contributed by atoms with E-state index in [2.05, 4.69) is 32.2 Å². The number of rotatable bonds is 5. The molecule has 1 fully saturated rings. The van der Waals surface area contributed by atoms with Crippen molar-refractivity contribution in [3.63, 3.8) is 0 Å². The van der Waals surface area contributed by atoms with Gasteiger partial charge < -0.3 is 4.90 Å². The third kappa shape index (κ3) is 3.39. The molecule has 0 aliphatic carbocycles. The summed E-state index contributed by atoms with van der Waals surface area (Å²) in [6, 6.07) is 0. The third-order valence-corrected chi connectivity index (χ3v) is 5.89. The zero-order chi connectivity index (χ0) is 19.7. The van der Waals surface area contributed by atoms with Gasteiger partial charge in [0, 0.05) is 42.5 Å². The summed E-state index contributed by atoms with van der Waals surface area (Å²) in [6.07, 6.45) is 7.68. The molecule has 3 aromatic heterocycles. The van der Waals surface area contributed by atoms with Crippen molar-refractivity contribution in [3.05, 3.63) is 40.7 Å². The molecule has 0 unspecified atom stereocenters. The maximum absolute atomic E-state index is 12.9. The normalized spacial score (nSPS) is 17.4. The fraction of sp³-hybridized carbons (Fsp3) is 0.550. The minimum atomic E-state index is 0.208. The predicted molar refractivity (Wildman–Crippen MR) is 105 cm³/mol. The molecule has 1 aliphatic heterocycles. The summed E-state index contributed by atoms with van der Waals surface area (Å²) >= 11 is 0. The molecule has 0 bridgehead atoms. The fourth-order valence-electron chi connectivity index (χ4n) is 4.30. The highest BCUT2D eigenvalue weighted by atomic mass is 16.2. The Labute approximate surface area is 164 Å². The molecule has 0 radical (unpaired) electrons. The highest BCUT2D eigenvalue weighted by Gasteiger charge is 2.27. The van der Waals surface area contributed by atoms with E-state index in [0.29, 0.717) is 24.5 Å². The van der Waals surface area contributed by atoms with Crippen LogP contribution in [0.4, 0.5) is 0 Å². The molecule has 1 aliphatic rings. The van der Waals surface area contributed by atoms with Crippen molar-refractivity contribution in [1.82, 2.24) is 34.7 Å². The summed E-state index contributed by atoms with van der Waals surface area (Å²) in [5.41, 5.74) is 5.48. The van der Waals surface area contributed by atoms with Gasteiger partial charge in [-0.05, 0) is 50.7 Å². The van der Waals surface area contributed by atoms with E-state index in [1.54, 1.807) is 4.52 Å².